The van der Waals surface area contributed by atoms with Crippen LogP contribution in [-0.2, 0) is 19.2 Å². The molecule has 6 saturated heterocycles. The first-order valence-corrected chi connectivity index (χ1v) is 65.6. The van der Waals surface area contributed by atoms with E-state index >= 15 is 0 Å². The topological polar surface area (TPSA) is 68.3 Å². The molecule has 0 radical (unpaired) electrons. The summed E-state index contributed by atoms with van der Waals surface area (Å²) in [6.07, 6.45) is 17.3. The van der Waals surface area contributed by atoms with Gasteiger partial charge in [-0.25, -0.2) is 0 Å². The van der Waals surface area contributed by atoms with Crippen molar-refractivity contribution in [3.8, 4) is 0 Å². The summed E-state index contributed by atoms with van der Waals surface area (Å²) in [6.45, 7) is 26.0. The van der Waals surface area contributed by atoms with Gasteiger partial charge in [0.05, 0.1) is 0 Å². The molecular formula is C24H44O4S6Sn4. The molecule has 0 aliphatic carbocycles. The molecule has 0 aromatic heterocycles. The molecule has 0 aromatic carbocycles. The summed E-state index contributed by atoms with van der Waals surface area (Å²) in [7, 11) is 0. The van der Waals surface area contributed by atoms with E-state index in [1.165, 1.54) is 0 Å². The van der Waals surface area contributed by atoms with Gasteiger partial charge in [0.1, 0.15) is 0 Å². The molecule has 4 bridgehead atoms. The second-order valence-electron chi connectivity index (χ2n) is 13.9. The van der Waals surface area contributed by atoms with Crippen LogP contribution < -0.4 is 0 Å². The number of carbonyl (C=O) groups is 4. The van der Waals surface area contributed by atoms with Crippen molar-refractivity contribution in [2.45, 2.75) is 122 Å². The van der Waals surface area contributed by atoms with E-state index in [4.69, 9.17) is 0 Å². The molecule has 4 nitrogen and oxygen atoms in total. The first-order valence-electron chi connectivity index (χ1n) is 13.1. The van der Waals surface area contributed by atoms with E-state index in [0.717, 1.165) is 0 Å². The second kappa shape index (κ2) is 12.0. The molecule has 6 rings (SSSR count). The van der Waals surface area contributed by atoms with Crippen LogP contribution in [0.25, 0.3) is 0 Å². The quantitative estimate of drug-likeness (QED) is 0.177. The van der Waals surface area contributed by atoms with Crippen molar-refractivity contribution < 1.29 is 19.2 Å². The Morgan fingerprint density at radius 2 is 0.526 bits per heavy atom. The Kier molecular flexibility index (Phi) is 11.5. The van der Waals surface area contributed by atoms with Gasteiger partial charge in [-0.1, -0.05) is 0 Å². The summed E-state index contributed by atoms with van der Waals surface area (Å²) >= 11 is -12.4. The number of carbonyl (C=O) groups excluding carboxylic acids is 4. The summed E-state index contributed by atoms with van der Waals surface area (Å²) in [5.74, 6) is 1.13. The van der Waals surface area contributed by atoms with E-state index in [2.05, 4.69) is 92.2 Å². The molecule has 38 heavy (non-hydrogen) atoms. The molecule has 0 aromatic rings. The Labute approximate surface area is 253 Å². The molecule has 6 heterocycles. The zero-order valence-corrected chi connectivity index (χ0v) is 41.2. The number of rotatable bonds is 12. The van der Waals surface area contributed by atoms with Crippen LogP contribution in [0.15, 0.2) is 0 Å². The van der Waals surface area contributed by atoms with Crippen molar-refractivity contribution in [3.05, 3.63) is 0 Å². The van der Waals surface area contributed by atoms with E-state index in [1.807, 2.05) is 0 Å². The Balaban J connectivity index is 2.23. The predicted octanol–water partition coefficient (Wildman–Crippen LogP) is 9.22. The van der Waals surface area contributed by atoms with Crippen molar-refractivity contribution in [2.75, 3.05) is 0 Å². The van der Waals surface area contributed by atoms with E-state index in [9.17, 15) is 19.2 Å². The number of Topliss-reactive ketones (excluding diaryl/α,β-unsaturated/α-hetero) is 4. The third kappa shape index (κ3) is 6.59. The normalized spacial score (nSPS) is 33.4. The Morgan fingerprint density at radius 1 is 0.395 bits per heavy atom. The summed E-state index contributed by atoms with van der Waals surface area (Å²) in [6, 6.07) is 0. The van der Waals surface area contributed by atoms with Crippen LogP contribution in [0.2, 0.25) is 13.7 Å². The fourth-order valence-electron chi connectivity index (χ4n) is 5.82. The number of ketones is 4. The van der Waals surface area contributed by atoms with Gasteiger partial charge < -0.3 is 0 Å². The predicted molar refractivity (Wildman–Crippen MR) is 186 cm³/mol. The van der Waals surface area contributed by atoms with Gasteiger partial charge >= 0.3 is 258 Å². The molecule has 0 N–H and O–H groups in total. The summed E-state index contributed by atoms with van der Waals surface area (Å²) in [5, 5.41) is 0. The van der Waals surface area contributed by atoms with Crippen LogP contribution in [-0.4, -0.2) is 80.0 Å². The Bertz CT molecular complexity index is 891. The first kappa shape index (κ1) is 36.4. The average molecular weight is 1060 g/mol. The van der Waals surface area contributed by atoms with Crippen LogP contribution in [0.4, 0.5) is 0 Å². The number of hydrogen-bond donors (Lipinski definition) is 0. The van der Waals surface area contributed by atoms with E-state index < -0.39 is 56.9 Å². The molecular weight excluding hydrogens is 1020 g/mol. The Hall–Kier alpha value is 3.97. The van der Waals surface area contributed by atoms with Gasteiger partial charge in [0.2, 0.25) is 0 Å². The standard InChI is InChI=1S/4C6H11O.6S.4Sn/c4*1-5(2)4-6(3)7;;;;;;;;;;/h4*4H2,1-3H3;;;;;;;;;;. The van der Waals surface area contributed by atoms with Crippen LogP contribution >= 0.6 is 36.8 Å². The third-order valence-corrected chi connectivity index (χ3v) is 559. The van der Waals surface area contributed by atoms with Crippen molar-refractivity contribution >= 4 is 117 Å². The van der Waals surface area contributed by atoms with Crippen LogP contribution in [0, 0.1) is 0 Å². The van der Waals surface area contributed by atoms with Gasteiger partial charge in [0, 0.05) is 0 Å². The number of hydrogen-bond acceptors (Lipinski definition) is 10. The summed E-state index contributed by atoms with van der Waals surface area (Å²) < 4.78 is 0.0760. The molecule has 0 atom stereocenters. The monoisotopic (exact) mass is 1070 g/mol. The molecule has 6 fully saturated rings. The summed E-state index contributed by atoms with van der Waals surface area (Å²) in [5.41, 5.74) is 0. The summed E-state index contributed by atoms with van der Waals surface area (Å²) in [4.78, 5) is 50.2. The van der Waals surface area contributed by atoms with Gasteiger partial charge in [-0.2, -0.15) is 0 Å². The van der Waals surface area contributed by atoms with Gasteiger partial charge in [-0.15, -0.1) is 0 Å². The van der Waals surface area contributed by atoms with Gasteiger partial charge in [-0.05, 0) is 0 Å². The first-order chi connectivity index (χ1) is 16.9. The fourth-order valence-corrected chi connectivity index (χ4v) is 1360. The molecule has 6 aliphatic heterocycles. The molecule has 216 valence electrons. The maximum atomic E-state index is 12.5. The average Bonchev–Trinajstić information content (AvgIpc) is 2.52. The fraction of sp³-hybridized carbons (Fsp3) is 0.833. The van der Waals surface area contributed by atoms with Crippen molar-refractivity contribution in [2.24, 2.45) is 0 Å². The molecule has 6 aliphatic rings. The maximum absolute atomic E-state index is 12.5. The van der Waals surface area contributed by atoms with Gasteiger partial charge in [0.25, 0.3) is 0 Å². The van der Waals surface area contributed by atoms with Crippen molar-refractivity contribution in [1.29, 1.82) is 0 Å². The molecule has 14 heteroatoms. The third-order valence-electron chi connectivity index (χ3n) is 7.69. The van der Waals surface area contributed by atoms with Crippen molar-refractivity contribution in [3.63, 3.8) is 0 Å². The van der Waals surface area contributed by atoms with E-state index in [0.29, 0.717) is 25.7 Å². The van der Waals surface area contributed by atoms with Crippen molar-refractivity contribution in [1.82, 2.24) is 0 Å². The van der Waals surface area contributed by atoms with Crippen LogP contribution in [0.5, 0.6) is 0 Å². The van der Waals surface area contributed by atoms with Crippen LogP contribution in [0.1, 0.15) is 109 Å². The molecule has 0 amide bonds. The SMILES string of the molecule is CC(=O)C[C](C)(C)[Sn]12[S][Sn]([C](C)(C)CC(C)=O)([S]1)[S][Sn]1([C](C)(C)CC(C)=O)[S][Sn]([C](C)(C)CC(C)=O)([S]1)[S]2. The van der Waals surface area contributed by atoms with Gasteiger partial charge in [0.15, 0.2) is 0 Å². The van der Waals surface area contributed by atoms with E-state index in [1.54, 1.807) is 27.7 Å². The zero-order valence-electron chi connectivity index (χ0n) is 24.9. The molecule has 0 saturated carbocycles. The molecule has 0 unspecified atom stereocenters. The minimum absolute atomic E-state index is 0.0190. The van der Waals surface area contributed by atoms with E-state index in [-0.39, 0.29) is 36.9 Å². The molecule has 0 spiro atoms. The zero-order chi connectivity index (χ0) is 29.4. The van der Waals surface area contributed by atoms with Crippen LogP contribution in [0.3, 0.4) is 0 Å². The minimum atomic E-state index is -3.10. The Morgan fingerprint density at radius 3 is 0.632 bits per heavy atom. The second-order valence-corrected chi connectivity index (χ2v) is 194. The van der Waals surface area contributed by atoms with Gasteiger partial charge in [-0.3, -0.25) is 0 Å².